The summed E-state index contributed by atoms with van der Waals surface area (Å²) in [5.74, 6) is 0. The van der Waals surface area contributed by atoms with Crippen molar-refractivity contribution in [2.24, 2.45) is 0 Å². The van der Waals surface area contributed by atoms with Gasteiger partial charge in [0.2, 0.25) is 0 Å². The number of alkyl halides is 3. The second kappa shape index (κ2) is 3.78. The number of aromatic amines is 1. The number of nitrogens with one attached hydrogen (secondary N) is 2. The standard InChI is InChI=1S/C7H8F3N3.ClH/c8-7(9,10)6-4-1-2-11-3-5(4)12-13-6;/h11H,1-3H2,(H,12,13);1H. The fraction of sp³-hybridized carbons (Fsp3) is 0.571. The van der Waals surface area contributed by atoms with E-state index in [2.05, 4.69) is 15.5 Å². The molecule has 0 aromatic carbocycles. The third kappa shape index (κ3) is 1.85. The van der Waals surface area contributed by atoms with Crippen LogP contribution in [-0.4, -0.2) is 16.7 Å². The summed E-state index contributed by atoms with van der Waals surface area (Å²) in [6.45, 7) is 1.02. The van der Waals surface area contributed by atoms with E-state index in [0.29, 0.717) is 30.8 Å². The van der Waals surface area contributed by atoms with Crippen LogP contribution in [-0.2, 0) is 19.1 Å². The van der Waals surface area contributed by atoms with Gasteiger partial charge in [0.1, 0.15) is 0 Å². The van der Waals surface area contributed by atoms with Gasteiger partial charge in [0.05, 0.1) is 5.69 Å². The highest BCUT2D eigenvalue weighted by Gasteiger charge is 2.38. The minimum absolute atomic E-state index is 0. The van der Waals surface area contributed by atoms with Gasteiger partial charge < -0.3 is 5.32 Å². The Morgan fingerprint density at radius 1 is 1.29 bits per heavy atom. The molecule has 1 aliphatic heterocycles. The van der Waals surface area contributed by atoms with Gasteiger partial charge in [-0.3, -0.25) is 5.10 Å². The van der Waals surface area contributed by atoms with E-state index in [1.165, 1.54) is 0 Å². The number of halogens is 4. The molecule has 1 aliphatic rings. The summed E-state index contributed by atoms with van der Waals surface area (Å²) in [6, 6.07) is 0. The van der Waals surface area contributed by atoms with Crippen molar-refractivity contribution in [2.75, 3.05) is 6.54 Å². The number of aromatic nitrogens is 2. The average Bonchev–Trinajstić information content (AvgIpc) is 2.45. The van der Waals surface area contributed by atoms with Crippen LogP contribution in [0.3, 0.4) is 0 Å². The zero-order valence-corrected chi connectivity index (χ0v) is 7.93. The van der Waals surface area contributed by atoms with Crippen LogP contribution in [0.25, 0.3) is 0 Å². The number of H-pyrrole nitrogens is 1. The van der Waals surface area contributed by atoms with Crippen molar-refractivity contribution in [3.8, 4) is 0 Å². The maximum Gasteiger partial charge on any atom is 0.435 e. The van der Waals surface area contributed by atoms with Crippen LogP contribution in [0.4, 0.5) is 13.2 Å². The highest BCUT2D eigenvalue weighted by atomic mass is 35.5. The lowest BCUT2D eigenvalue weighted by Gasteiger charge is -2.13. The summed E-state index contributed by atoms with van der Waals surface area (Å²) >= 11 is 0. The summed E-state index contributed by atoms with van der Waals surface area (Å²) in [4.78, 5) is 0. The average molecular weight is 228 g/mol. The zero-order valence-electron chi connectivity index (χ0n) is 7.11. The molecule has 1 aromatic heterocycles. The molecule has 0 saturated heterocycles. The molecule has 0 amide bonds. The number of nitrogens with zero attached hydrogens (tertiary/aromatic N) is 1. The molecule has 0 unspecified atom stereocenters. The first-order chi connectivity index (χ1) is 6.09. The summed E-state index contributed by atoms with van der Waals surface area (Å²) in [5, 5.41) is 8.65. The molecule has 0 bridgehead atoms. The van der Waals surface area contributed by atoms with Gasteiger partial charge in [0.15, 0.2) is 5.69 Å². The molecule has 0 spiro atoms. The molecule has 1 aromatic rings. The fourth-order valence-electron chi connectivity index (χ4n) is 1.48. The van der Waals surface area contributed by atoms with Gasteiger partial charge in [-0.2, -0.15) is 18.3 Å². The van der Waals surface area contributed by atoms with Crippen molar-refractivity contribution in [1.82, 2.24) is 15.5 Å². The quantitative estimate of drug-likeness (QED) is 0.705. The summed E-state index contributed by atoms with van der Waals surface area (Å²) < 4.78 is 36.9. The topological polar surface area (TPSA) is 40.7 Å². The highest BCUT2D eigenvalue weighted by molar-refractivity contribution is 5.85. The molecular weight excluding hydrogens is 219 g/mol. The molecule has 2 rings (SSSR count). The van der Waals surface area contributed by atoms with E-state index in [-0.39, 0.29) is 12.4 Å². The minimum atomic E-state index is -4.33. The van der Waals surface area contributed by atoms with Gasteiger partial charge in [-0.05, 0) is 13.0 Å². The molecular formula is C7H9ClF3N3. The molecule has 0 fully saturated rings. The molecule has 80 valence electrons. The maximum atomic E-state index is 12.3. The van der Waals surface area contributed by atoms with Crippen molar-refractivity contribution in [3.05, 3.63) is 17.0 Å². The predicted octanol–water partition coefficient (Wildman–Crippen LogP) is 1.50. The summed E-state index contributed by atoms with van der Waals surface area (Å²) in [7, 11) is 0. The van der Waals surface area contributed by atoms with Gasteiger partial charge in [0, 0.05) is 12.1 Å². The molecule has 0 aliphatic carbocycles. The van der Waals surface area contributed by atoms with E-state index in [4.69, 9.17) is 0 Å². The van der Waals surface area contributed by atoms with Gasteiger partial charge in [-0.1, -0.05) is 0 Å². The Kier molecular flexibility index (Phi) is 3.06. The maximum absolute atomic E-state index is 12.3. The van der Waals surface area contributed by atoms with Gasteiger partial charge in [-0.15, -0.1) is 12.4 Å². The Morgan fingerprint density at radius 3 is 2.64 bits per heavy atom. The molecule has 2 heterocycles. The van der Waals surface area contributed by atoms with E-state index in [9.17, 15) is 13.2 Å². The molecule has 3 nitrogen and oxygen atoms in total. The predicted molar refractivity (Wildman–Crippen MR) is 46.2 cm³/mol. The number of fused-ring (bicyclic) bond motifs is 1. The lowest BCUT2D eigenvalue weighted by atomic mass is 10.1. The third-order valence-corrected chi connectivity index (χ3v) is 2.07. The van der Waals surface area contributed by atoms with Crippen LogP contribution in [0.2, 0.25) is 0 Å². The van der Waals surface area contributed by atoms with Crippen LogP contribution in [0.15, 0.2) is 0 Å². The van der Waals surface area contributed by atoms with Crippen LogP contribution >= 0.6 is 12.4 Å². The van der Waals surface area contributed by atoms with Crippen molar-refractivity contribution in [2.45, 2.75) is 19.1 Å². The third-order valence-electron chi connectivity index (χ3n) is 2.07. The number of rotatable bonds is 0. The Balaban J connectivity index is 0.000000980. The van der Waals surface area contributed by atoms with Crippen molar-refractivity contribution in [3.63, 3.8) is 0 Å². The molecule has 0 saturated carbocycles. The molecule has 0 radical (unpaired) electrons. The summed E-state index contributed by atoms with van der Waals surface area (Å²) in [5.41, 5.74) is 0.105. The monoisotopic (exact) mass is 227 g/mol. The SMILES string of the molecule is Cl.FC(F)(F)c1n[nH]c2c1CCNC2. The Hall–Kier alpha value is -0.750. The minimum Gasteiger partial charge on any atom is -0.311 e. The lowest BCUT2D eigenvalue weighted by Crippen LogP contribution is -2.24. The summed E-state index contributed by atoms with van der Waals surface area (Å²) in [6.07, 6.45) is -3.94. The van der Waals surface area contributed by atoms with Gasteiger partial charge in [0.25, 0.3) is 0 Å². The van der Waals surface area contributed by atoms with Crippen molar-refractivity contribution in [1.29, 1.82) is 0 Å². The Morgan fingerprint density at radius 2 is 2.00 bits per heavy atom. The second-order valence-electron chi connectivity index (χ2n) is 2.95. The molecule has 14 heavy (non-hydrogen) atoms. The first-order valence-corrected chi connectivity index (χ1v) is 3.93. The first-order valence-electron chi connectivity index (χ1n) is 3.93. The Labute approximate surface area is 84.5 Å². The van der Waals surface area contributed by atoms with Crippen LogP contribution in [0.5, 0.6) is 0 Å². The molecule has 2 N–H and O–H groups in total. The zero-order chi connectivity index (χ0) is 9.47. The molecule has 7 heteroatoms. The normalized spacial score (nSPS) is 15.9. The highest BCUT2D eigenvalue weighted by Crippen LogP contribution is 2.32. The van der Waals surface area contributed by atoms with Crippen LogP contribution in [0, 0.1) is 0 Å². The van der Waals surface area contributed by atoms with Crippen LogP contribution in [0.1, 0.15) is 17.0 Å². The fourth-order valence-corrected chi connectivity index (χ4v) is 1.48. The van der Waals surface area contributed by atoms with Crippen LogP contribution < -0.4 is 5.32 Å². The second-order valence-corrected chi connectivity index (χ2v) is 2.95. The van der Waals surface area contributed by atoms with Crippen molar-refractivity contribution >= 4 is 12.4 Å². The van der Waals surface area contributed by atoms with Crippen molar-refractivity contribution < 1.29 is 13.2 Å². The smallest absolute Gasteiger partial charge is 0.311 e. The van der Waals surface area contributed by atoms with E-state index in [0.717, 1.165) is 0 Å². The largest absolute Gasteiger partial charge is 0.435 e. The lowest BCUT2D eigenvalue weighted by molar-refractivity contribution is -0.141. The first kappa shape index (κ1) is 11.3. The Bertz CT molecular complexity index is 320. The van der Waals surface area contributed by atoms with E-state index >= 15 is 0 Å². The van der Waals surface area contributed by atoms with Gasteiger partial charge >= 0.3 is 6.18 Å². The number of hydrogen-bond acceptors (Lipinski definition) is 2. The molecule has 0 atom stereocenters. The van der Waals surface area contributed by atoms with E-state index < -0.39 is 11.9 Å². The van der Waals surface area contributed by atoms with Gasteiger partial charge in [-0.25, -0.2) is 0 Å². The van der Waals surface area contributed by atoms with E-state index in [1.807, 2.05) is 0 Å². The number of hydrogen-bond donors (Lipinski definition) is 2. The van der Waals surface area contributed by atoms with E-state index in [1.54, 1.807) is 0 Å².